The molecule has 0 fully saturated rings. The van der Waals surface area contributed by atoms with Crippen LogP contribution < -0.4 is 10.6 Å². The number of carbonyl (C=O) groups excluding carboxylic acids is 2. The summed E-state index contributed by atoms with van der Waals surface area (Å²) in [5.41, 5.74) is 0.471. The third-order valence-electron chi connectivity index (χ3n) is 3.51. The topological polar surface area (TPSA) is 88.9 Å². The van der Waals surface area contributed by atoms with Crippen molar-refractivity contribution < 1.29 is 9.59 Å². The smallest absolute Gasteiger partial charge is 0.321 e. The number of urea groups is 1. The standard InChI is InChI=1S/C18H24ClN5O2S/c1-6-24-14(12-7-9-13(19)10-8-12)22-23-17(24)27-11(2)15(25)20-16(26)21-18(3,4)5/h7-11H,6H2,1-5H3,(H2,20,21,25,26)/t11-/m1/s1. The van der Waals surface area contributed by atoms with Gasteiger partial charge < -0.3 is 9.88 Å². The van der Waals surface area contributed by atoms with Crippen LogP contribution in [0, 0.1) is 0 Å². The fourth-order valence-corrected chi connectivity index (χ4v) is 3.31. The molecule has 1 aromatic heterocycles. The van der Waals surface area contributed by atoms with Gasteiger partial charge in [0.15, 0.2) is 11.0 Å². The Kier molecular flexibility index (Phi) is 6.89. The van der Waals surface area contributed by atoms with E-state index in [-0.39, 0.29) is 5.91 Å². The molecule has 0 saturated carbocycles. The van der Waals surface area contributed by atoms with Gasteiger partial charge in [0.1, 0.15) is 0 Å². The molecule has 1 aromatic carbocycles. The van der Waals surface area contributed by atoms with Crippen LogP contribution in [0.3, 0.4) is 0 Å². The highest BCUT2D eigenvalue weighted by molar-refractivity contribution is 8.00. The largest absolute Gasteiger partial charge is 0.333 e. The molecule has 27 heavy (non-hydrogen) atoms. The molecule has 3 amide bonds. The summed E-state index contributed by atoms with van der Waals surface area (Å²) in [6.45, 7) is 9.88. The van der Waals surface area contributed by atoms with E-state index >= 15 is 0 Å². The van der Waals surface area contributed by atoms with E-state index in [0.29, 0.717) is 22.5 Å². The average molecular weight is 410 g/mol. The second-order valence-electron chi connectivity index (χ2n) is 7.01. The molecule has 2 rings (SSSR count). The highest BCUT2D eigenvalue weighted by Crippen LogP contribution is 2.27. The van der Waals surface area contributed by atoms with Crippen LogP contribution in [0.2, 0.25) is 5.02 Å². The van der Waals surface area contributed by atoms with Gasteiger partial charge in [-0.25, -0.2) is 4.79 Å². The van der Waals surface area contributed by atoms with Crippen molar-refractivity contribution >= 4 is 35.3 Å². The number of carbonyl (C=O) groups is 2. The summed E-state index contributed by atoms with van der Waals surface area (Å²) in [6.07, 6.45) is 0. The predicted octanol–water partition coefficient (Wildman–Crippen LogP) is 3.72. The summed E-state index contributed by atoms with van der Waals surface area (Å²) >= 11 is 7.19. The molecule has 0 bridgehead atoms. The maximum absolute atomic E-state index is 12.3. The van der Waals surface area contributed by atoms with Crippen molar-refractivity contribution in [3.8, 4) is 11.4 Å². The van der Waals surface area contributed by atoms with Crippen LogP contribution in [0.25, 0.3) is 11.4 Å². The van der Waals surface area contributed by atoms with E-state index in [0.717, 1.165) is 5.56 Å². The number of nitrogens with zero attached hydrogens (tertiary/aromatic N) is 3. The van der Waals surface area contributed by atoms with Crippen LogP contribution in [0.4, 0.5) is 4.79 Å². The molecule has 0 saturated heterocycles. The van der Waals surface area contributed by atoms with Gasteiger partial charge in [-0.2, -0.15) is 0 Å². The Bertz CT molecular complexity index is 814. The molecule has 0 aliphatic carbocycles. The summed E-state index contributed by atoms with van der Waals surface area (Å²) in [6, 6.07) is 6.82. The van der Waals surface area contributed by atoms with Crippen LogP contribution in [0.1, 0.15) is 34.6 Å². The number of rotatable bonds is 5. The molecule has 1 atom stereocenters. The molecular weight excluding hydrogens is 386 g/mol. The van der Waals surface area contributed by atoms with Crippen molar-refractivity contribution in [2.75, 3.05) is 0 Å². The monoisotopic (exact) mass is 409 g/mol. The number of thioether (sulfide) groups is 1. The Morgan fingerprint density at radius 2 is 1.85 bits per heavy atom. The van der Waals surface area contributed by atoms with E-state index in [1.54, 1.807) is 19.1 Å². The van der Waals surface area contributed by atoms with Gasteiger partial charge in [0, 0.05) is 22.7 Å². The first-order valence-corrected chi connectivity index (χ1v) is 9.85. The number of imide groups is 1. The van der Waals surface area contributed by atoms with Gasteiger partial charge >= 0.3 is 6.03 Å². The number of benzene rings is 1. The van der Waals surface area contributed by atoms with Crippen molar-refractivity contribution in [3.05, 3.63) is 29.3 Å². The number of amides is 3. The Morgan fingerprint density at radius 3 is 2.41 bits per heavy atom. The lowest BCUT2D eigenvalue weighted by Gasteiger charge is -2.21. The Labute approximate surface area is 168 Å². The quantitative estimate of drug-likeness (QED) is 0.734. The van der Waals surface area contributed by atoms with E-state index in [2.05, 4.69) is 20.8 Å². The number of hydrogen-bond donors (Lipinski definition) is 2. The lowest BCUT2D eigenvalue weighted by Crippen LogP contribution is -2.49. The van der Waals surface area contributed by atoms with Gasteiger partial charge in [0.05, 0.1) is 5.25 Å². The third-order valence-corrected chi connectivity index (χ3v) is 4.84. The lowest BCUT2D eigenvalue weighted by atomic mass is 10.1. The van der Waals surface area contributed by atoms with Gasteiger partial charge in [0.2, 0.25) is 5.91 Å². The molecule has 0 radical (unpaired) electrons. The Morgan fingerprint density at radius 1 is 1.22 bits per heavy atom. The minimum atomic E-state index is -0.515. The van der Waals surface area contributed by atoms with Crippen molar-refractivity contribution in [2.24, 2.45) is 0 Å². The Hall–Kier alpha value is -2.06. The molecule has 0 unspecified atom stereocenters. The average Bonchev–Trinajstić information content (AvgIpc) is 2.96. The molecule has 7 nitrogen and oxygen atoms in total. The van der Waals surface area contributed by atoms with Crippen LogP contribution >= 0.6 is 23.4 Å². The van der Waals surface area contributed by atoms with Crippen LogP contribution in [-0.2, 0) is 11.3 Å². The van der Waals surface area contributed by atoms with E-state index in [1.807, 2.05) is 44.4 Å². The first-order valence-electron chi connectivity index (χ1n) is 8.59. The van der Waals surface area contributed by atoms with E-state index in [1.165, 1.54) is 11.8 Å². The lowest BCUT2D eigenvalue weighted by molar-refractivity contribution is -0.119. The van der Waals surface area contributed by atoms with Gasteiger partial charge in [-0.3, -0.25) is 10.1 Å². The number of aromatic nitrogens is 3. The zero-order chi connectivity index (χ0) is 20.2. The molecule has 1 heterocycles. The highest BCUT2D eigenvalue weighted by atomic mass is 35.5. The molecule has 0 aliphatic heterocycles. The zero-order valence-electron chi connectivity index (χ0n) is 16.0. The maximum atomic E-state index is 12.3. The zero-order valence-corrected chi connectivity index (χ0v) is 17.6. The van der Waals surface area contributed by atoms with Crippen LogP contribution in [-0.4, -0.2) is 37.5 Å². The van der Waals surface area contributed by atoms with Gasteiger partial charge in [-0.1, -0.05) is 23.4 Å². The third kappa shape index (κ3) is 5.97. The van der Waals surface area contributed by atoms with Crippen LogP contribution in [0.15, 0.2) is 29.4 Å². The first-order chi connectivity index (χ1) is 12.6. The molecule has 2 aromatic rings. The highest BCUT2D eigenvalue weighted by Gasteiger charge is 2.23. The van der Waals surface area contributed by atoms with Crippen molar-refractivity contribution in [1.82, 2.24) is 25.4 Å². The molecule has 146 valence electrons. The summed E-state index contributed by atoms with van der Waals surface area (Å²) < 4.78 is 1.92. The van der Waals surface area contributed by atoms with Gasteiger partial charge in [0.25, 0.3) is 0 Å². The fourth-order valence-electron chi connectivity index (χ4n) is 2.27. The SMILES string of the molecule is CCn1c(S[C@H](C)C(=O)NC(=O)NC(C)(C)C)nnc1-c1ccc(Cl)cc1. The number of hydrogen-bond acceptors (Lipinski definition) is 5. The maximum Gasteiger partial charge on any atom is 0.321 e. The Balaban J connectivity index is 2.09. The molecule has 2 N–H and O–H groups in total. The van der Waals surface area contributed by atoms with Crippen molar-refractivity contribution in [2.45, 2.75) is 57.1 Å². The molecule has 9 heteroatoms. The number of halogens is 1. The van der Waals surface area contributed by atoms with Crippen molar-refractivity contribution in [1.29, 1.82) is 0 Å². The van der Waals surface area contributed by atoms with E-state index < -0.39 is 16.8 Å². The summed E-state index contributed by atoms with van der Waals surface area (Å²) in [4.78, 5) is 24.2. The van der Waals surface area contributed by atoms with Crippen LogP contribution in [0.5, 0.6) is 0 Å². The van der Waals surface area contributed by atoms with E-state index in [9.17, 15) is 9.59 Å². The molecule has 0 spiro atoms. The second kappa shape index (κ2) is 8.75. The van der Waals surface area contributed by atoms with E-state index in [4.69, 9.17) is 11.6 Å². The second-order valence-corrected chi connectivity index (χ2v) is 8.76. The molecular formula is C18H24ClN5O2S. The van der Waals surface area contributed by atoms with Gasteiger partial charge in [-0.15, -0.1) is 10.2 Å². The predicted molar refractivity (Wildman–Crippen MR) is 108 cm³/mol. The minimum Gasteiger partial charge on any atom is -0.333 e. The molecule has 0 aliphatic rings. The number of nitrogens with one attached hydrogen (secondary N) is 2. The summed E-state index contributed by atoms with van der Waals surface area (Å²) in [5, 5.41) is 14.3. The minimum absolute atomic E-state index is 0.388. The summed E-state index contributed by atoms with van der Waals surface area (Å²) in [5.74, 6) is 0.315. The normalized spacial score (nSPS) is 12.5. The first kappa shape index (κ1) is 21.2. The summed E-state index contributed by atoms with van der Waals surface area (Å²) in [7, 11) is 0. The fraction of sp³-hybridized carbons (Fsp3) is 0.444. The van der Waals surface area contributed by atoms with Crippen molar-refractivity contribution in [3.63, 3.8) is 0 Å². The van der Waals surface area contributed by atoms with Gasteiger partial charge in [-0.05, 0) is 58.9 Å².